The third kappa shape index (κ3) is 5.64. The topological polar surface area (TPSA) is 112 Å². The monoisotopic (exact) mass is 576 g/mol. The molecule has 10 nitrogen and oxygen atoms in total. The van der Waals surface area contributed by atoms with E-state index in [2.05, 4.69) is 29.9 Å². The fourth-order valence-corrected chi connectivity index (χ4v) is 6.08. The van der Waals surface area contributed by atoms with E-state index in [9.17, 15) is 13.0 Å². The quantitative estimate of drug-likeness (QED) is 0.419. The lowest BCUT2D eigenvalue weighted by Crippen LogP contribution is -2.39. The third-order valence-corrected chi connectivity index (χ3v) is 9.13. The Morgan fingerprint density at radius 1 is 0.950 bits per heavy atom. The van der Waals surface area contributed by atoms with Crippen molar-refractivity contribution in [3.05, 3.63) is 36.5 Å². The van der Waals surface area contributed by atoms with Crippen LogP contribution in [0.3, 0.4) is 0 Å². The zero-order chi connectivity index (χ0) is 27.9. The molecule has 6 rings (SSSR count). The first-order valence-corrected chi connectivity index (χ1v) is 14.8. The summed E-state index contributed by atoms with van der Waals surface area (Å²) in [4.78, 5) is 12.8. The Morgan fingerprint density at radius 3 is 2.38 bits per heavy atom. The van der Waals surface area contributed by atoms with Crippen molar-refractivity contribution in [2.24, 2.45) is 5.41 Å². The van der Waals surface area contributed by atoms with Crippen molar-refractivity contribution < 1.29 is 22.5 Å². The van der Waals surface area contributed by atoms with Gasteiger partial charge in [-0.3, -0.25) is 4.98 Å². The minimum atomic E-state index is -2.66. The summed E-state index contributed by atoms with van der Waals surface area (Å²) >= 11 is 0. The molecule has 2 saturated heterocycles. The van der Waals surface area contributed by atoms with Crippen molar-refractivity contribution >= 4 is 28.2 Å². The fourth-order valence-electron chi connectivity index (χ4n) is 5.41. The summed E-state index contributed by atoms with van der Waals surface area (Å²) in [6.45, 7) is 1.70. The zero-order valence-corrected chi connectivity index (χ0v) is 22.7. The predicted molar refractivity (Wildman–Crippen MR) is 146 cm³/mol. The Bertz CT molecular complexity index is 1400. The lowest BCUT2D eigenvalue weighted by atomic mass is 9.93. The largest absolute Gasteiger partial charge is 0.395 e. The van der Waals surface area contributed by atoms with Gasteiger partial charge in [-0.15, -0.1) is 5.10 Å². The molecule has 1 aliphatic carbocycles. The number of benzene rings is 1. The van der Waals surface area contributed by atoms with Crippen LogP contribution >= 0.6 is 0 Å². The van der Waals surface area contributed by atoms with Crippen LogP contribution in [-0.4, -0.2) is 78.7 Å². The number of aromatic nitrogens is 5. The third-order valence-electron chi connectivity index (χ3n) is 8.13. The Kier molecular flexibility index (Phi) is 7.15. The smallest absolute Gasteiger partial charge is 0.251 e. The molecule has 2 aliphatic heterocycles. The highest BCUT2D eigenvalue weighted by atomic mass is 32.2. The van der Waals surface area contributed by atoms with Gasteiger partial charge in [0.05, 0.1) is 48.0 Å². The Labute approximate surface area is 232 Å². The maximum Gasteiger partial charge on any atom is 0.251 e. The number of aliphatic hydroxyl groups is 1. The first-order valence-electron chi connectivity index (χ1n) is 13.5. The molecule has 0 bridgehead atoms. The number of aliphatic hydroxyl groups excluding tert-OH is 1. The van der Waals surface area contributed by atoms with E-state index in [1.807, 2.05) is 0 Å². The van der Waals surface area contributed by atoms with Crippen LogP contribution in [-0.2, 0) is 11.0 Å². The van der Waals surface area contributed by atoms with Crippen LogP contribution in [0.2, 0.25) is 0 Å². The van der Waals surface area contributed by atoms with E-state index in [0.29, 0.717) is 28.3 Å². The van der Waals surface area contributed by atoms with Gasteiger partial charge in [0, 0.05) is 45.1 Å². The van der Waals surface area contributed by atoms with E-state index in [1.54, 1.807) is 23.4 Å². The van der Waals surface area contributed by atoms with Crippen molar-refractivity contribution in [3.8, 4) is 17.1 Å². The number of alkyl halides is 2. The van der Waals surface area contributed by atoms with E-state index in [-0.39, 0.29) is 44.0 Å². The number of anilines is 3. The van der Waals surface area contributed by atoms with Crippen LogP contribution in [0.15, 0.2) is 30.7 Å². The van der Waals surface area contributed by atoms with Gasteiger partial charge in [0.1, 0.15) is 34.0 Å². The molecule has 0 amide bonds. The molecule has 0 radical (unpaired) electrons. The van der Waals surface area contributed by atoms with E-state index in [4.69, 9.17) is 5.11 Å². The molecule has 3 aromatic rings. The Hall–Kier alpha value is -3.26. The summed E-state index contributed by atoms with van der Waals surface area (Å²) in [6, 6.07) is 2.97. The number of nitrogens with one attached hydrogen (secondary N) is 1. The molecule has 2 N–H and O–H groups in total. The highest BCUT2D eigenvalue weighted by Crippen LogP contribution is 2.54. The molecule has 1 unspecified atom stereocenters. The second-order valence-corrected chi connectivity index (χ2v) is 12.1. The van der Waals surface area contributed by atoms with Crippen molar-refractivity contribution in [1.82, 2.24) is 25.0 Å². The lowest BCUT2D eigenvalue weighted by Gasteiger charge is -2.35. The van der Waals surface area contributed by atoms with Gasteiger partial charge in [-0.25, -0.2) is 27.0 Å². The molecule has 1 spiro atoms. The average Bonchev–Trinajstić information content (AvgIpc) is 3.50. The Morgan fingerprint density at radius 2 is 1.68 bits per heavy atom. The fraction of sp³-hybridized carbons (Fsp3) is 0.538. The summed E-state index contributed by atoms with van der Waals surface area (Å²) in [5.41, 5.74) is 2.56. The van der Waals surface area contributed by atoms with Crippen molar-refractivity contribution in [3.63, 3.8) is 0 Å². The van der Waals surface area contributed by atoms with Gasteiger partial charge in [0.25, 0.3) is 5.92 Å². The minimum Gasteiger partial charge on any atom is -0.395 e. The van der Waals surface area contributed by atoms with E-state index in [0.717, 1.165) is 31.6 Å². The SMILES string of the molecule is O=S(CCO)Nc1cc(N2CCC3(CC2)CC3)c(-n2cc(-c3cncc(N4CCC(F)(F)CC4)n3)nn2)cc1F. The maximum absolute atomic E-state index is 15.2. The normalized spacial score (nSPS) is 20.5. The maximum atomic E-state index is 15.2. The van der Waals surface area contributed by atoms with Gasteiger partial charge in [-0.05, 0) is 37.2 Å². The first kappa shape index (κ1) is 26.9. The van der Waals surface area contributed by atoms with Crippen molar-refractivity contribution in [2.45, 2.75) is 44.4 Å². The predicted octanol–water partition coefficient (Wildman–Crippen LogP) is 3.55. The molecule has 1 saturated carbocycles. The molecule has 214 valence electrons. The summed E-state index contributed by atoms with van der Waals surface area (Å²) in [7, 11) is -1.63. The van der Waals surface area contributed by atoms with Gasteiger partial charge in [0.15, 0.2) is 0 Å². The highest BCUT2D eigenvalue weighted by Gasteiger charge is 2.44. The van der Waals surface area contributed by atoms with Gasteiger partial charge in [-0.2, -0.15) is 0 Å². The van der Waals surface area contributed by atoms with Crippen LogP contribution in [0.25, 0.3) is 17.1 Å². The summed E-state index contributed by atoms with van der Waals surface area (Å²) in [5, 5.41) is 17.6. The zero-order valence-electron chi connectivity index (χ0n) is 21.9. The number of nitrogens with zero attached hydrogens (tertiary/aromatic N) is 7. The second kappa shape index (κ2) is 10.6. The minimum absolute atomic E-state index is 0.0187. The van der Waals surface area contributed by atoms with Crippen LogP contribution in [0.5, 0.6) is 0 Å². The number of rotatable bonds is 8. The first-order chi connectivity index (χ1) is 19.2. The lowest BCUT2D eigenvalue weighted by molar-refractivity contribution is -0.0221. The summed E-state index contributed by atoms with van der Waals surface area (Å²) in [6.07, 6.45) is 8.83. The molecule has 1 atom stereocenters. The van der Waals surface area contributed by atoms with Crippen LogP contribution in [0.1, 0.15) is 38.5 Å². The van der Waals surface area contributed by atoms with Crippen LogP contribution in [0.4, 0.5) is 30.4 Å². The van der Waals surface area contributed by atoms with Gasteiger partial charge in [-0.1, -0.05) is 5.21 Å². The second-order valence-electron chi connectivity index (χ2n) is 10.8. The molecular formula is C26H31F3N8O2S. The van der Waals surface area contributed by atoms with Crippen LogP contribution < -0.4 is 14.5 Å². The molecule has 14 heteroatoms. The summed E-state index contributed by atoms with van der Waals surface area (Å²) in [5.74, 6) is -2.80. The van der Waals surface area contributed by atoms with E-state index in [1.165, 1.54) is 29.8 Å². The highest BCUT2D eigenvalue weighted by molar-refractivity contribution is 7.86. The average molecular weight is 577 g/mol. The Balaban J connectivity index is 1.29. The van der Waals surface area contributed by atoms with Gasteiger partial charge < -0.3 is 19.6 Å². The molecule has 3 fully saturated rings. The van der Waals surface area contributed by atoms with E-state index >= 15 is 4.39 Å². The molecule has 2 aromatic heterocycles. The molecule has 1 aromatic carbocycles. The summed E-state index contributed by atoms with van der Waals surface area (Å²) < 4.78 is 58.8. The molecule has 3 aliphatic rings. The van der Waals surface area contributed by atoms with E-state index < -0.39 is 22.7 Å². The standard InChI is InChI=1S/C26H31F3N8O2S/c27-18-13-23(22(14-19(18)33-40(39)12-11-38)35-7-3-25(1-2-25)4-8-35)37-17-21(32-34-37)20-15-30-16-24(31-20)36-9-5-26(28,29)6-10-36/h13-17,33,38H,1-12H2. The van der Waals surface area contributed by atoms with Crippen LogP contribution in [0, 0.1) is 11.2 Å². The molecular weight excluding hydrogens is 545 g/mol. The molecule has 4 heterocycles. The van der Waals surface area contributed by atoms with Gasteiger partial charge >= 0.3 is 0 Å². The van der Waals surface area contributed by atoms with Crippen molar-refractivity contribution in [2.75, 3.05) is 53.1 Å². The van der Waals surface area contributed by atoms with Crippen molar-refractivity contribution in [1.29, 1.82) is 0 Å². The number of piperidine rings is 2. The number of hydrogen-bond donors (Lipinski definition) is 2. The number of hydrogen-bond acceptors (Lipinski definition) is 8. The van der Waals surface area contributed by atoms with Gasteiger partial charge in [0.2, 0.25) is 0 Å². The molecule has 40 heavy (non-hydrogen) atoms. The number of halogens is 3.